The standard InChI is InChI=1S/C17H19BrFNO3/c1-17(2,21-3)11-22-10-13-6-9-15(19)16(20-13)23-14-7-4-12(18)5-8-14/h4-9H,10-11H2,1-3H3. The fourth-order valence-corrected chi connectivity index (χ4v) is 1.95. The van der Waals surface area contributed by atoms with E-state index in [0.717, 1.165) is 4.47 Å². The highest BCUT2D eigenvalue weighted by Gasteiger charge is 2.16. The normalized spacial score (nSPS) is 11.5. The van der Waals surface area contributed by atoms with Gasteiger partial charge in [0.1, 0.15) is 5.75 Å². The van der Waals surface area contributed by atoms with Crippen LogP contribution in [0.3, 0.4) is 0 Å². The summed E-state index contributed by atoms with van der Waals surface area (Å²) < 4.78 is 31.1. The summed E-state index contributed by atoms with van der Waals surface area (Å²) >= 11 is 3.34. The molecule has 1 aromatic heterocycles. The van der Waals surface area contributed by atoms with Crippen molar-refractivity contribution in [1.82, 2.24) is 4.98 Å². The van der Waals surface area contributed by atoms with E-state index in [1.807, 2.05) is 26.0 Å². The molecule has 23 heavy (non-hydrogen) atoms. The van der Waals surface area contributed by atoms with Crippen molar-refractivity contribution in [2.45, 2.75) is 26.1 Å². The molecule has 0 fully saturated rings. The molecule has 1 aromatic carbocycles. The maximum atomic E-state index is 13.8. The van der Waals surface area contributed by atoms with Crippen LogP contribution in [-0.2, 0) is 16.1 Å². The first-order valence-corrected chi connectivity index (χ1v) is 7.91. The molecule has 0 bridgehead atoms. The third-order valence-corrected chi connectivity index (χ3v) is 3.68. The van der Waals surface area contributed by atoms with Crippen LogP contribution in [0.5, 0.6) is 11.6 Å². The zero-order valence-electron chi connectivity index (χ0n) is 13.3. The Balaban J connectivity index is 2.02. The first kappa shape index (κ1) is 17.8. The first-order valence-electron chi connectivity index (χ1n) is 7.11. The van der Waals surface area contributed by atoms with Crippen LogP contribution in [-0.4, -0.2) is 24.3 Å². The summed E-state index contributed by atoms with van der Waals surface area (Å²) in [5.74, 6) is -0.0773. The lowest BCUT2D eigenvalue weighted by atomic mass is 10.1. The van der Waals surface area contributed by atoms with E-state index in [4.69, 9.17) is 14.2 Å². The van der Waals surface area contributed by atoms with Crippen LogP contribution in [0, 0.1) is 5.82 Å². The number of pyridine rings is 1. The molecule has 0 aliphatic rings. The molecule has 2 rings (SSSR count). The summed E-state index contributed by atoms with van der Waals surface area (Å²) in [4.78, 5) is 4.16. The Kier molecular flexibility index (Phi) is 6.10. The number of ether oxygens (including phenoxy) is 3. The van der Waals surface area contributed by atoms with Crippen molar-refractivity contribution in [3.05, 3.63) is 52.4 Å². The summed E-state index contributed by atoms with van der Waals surface area (Å²) in [6.07, 6.45) is 0. The van der Waals surface area contributed by atoms with E-state index in [2.05, 4.69) is 20.9 Å². The SMILES string of the molecule is COC(C)(C)COCc1ccc(F)c(Oc2ccc(Br)cc2)n1. The zero-order valence-corrected chi connectivity index (χ0v) is 14.9. The molecule has 1 heterocycles. The van der Waals surface area contributed by atoms with Gasteiger partial charge in [0.2, 0.25) is 0 Å². The molecule has 0 spiro atoms. The number of benzene rings is 1. The molecule has 0 N–H and O–H groups in total. The van der Waals surface area contributed by atoms with Crippen LogP contribution in [0.4, 0.5) is 4.39 Å². The molecule has 0 aliphatic carbocycles. The summed E-state index contributed by atoms with van der Waals surface area (Å²) in [5.41, 5.74) is 0.210. The van der Waals surface area contributed by atoms with Crippen molar-refractivity contribution in [2.24, 2.45) is 0 Å². The maximum absolute atomic E-state index is 13.8. The summed E-state index contributed by atoms with van der Waals surface area (Å²) in [7, 11) is 1.63. The van der Waals surface area contributed by atoms with Crippen molar-refractivity contribution < 1.29 is 18.6 Å². The molecule has 2 aromatic rings. The number of methoxy groups -OCH3 is 1. The molecule has 0 atom stereocenters. The molecule has 0 aliphatic heterocycles. The smallest absolute Gasteiger partial charge is 0.256 e. The highest BCUT2D eigenvalue weighted by molar-refractivity contribution is 9.10. The van der Waals surface area contributed by atoms with Gasteiger partial charge < -0.3 is 14.2 Å². The van der Waals surface area contributed by atoms with Gasteiger partial charge in [0.25, 0.3) is 5.88 Å². The summed E-state index contributed by atoms with van der Waals surface area (Å²) in [6, 6.07) is 9.98. The van der Waals surface area contributed by atoms with Gasteiger partial charge in [0.05, 0.1) is 24.5 Å². The lowest BCUT2D eigenvalue weighted by Crippen LogP contribution is -2.29. The highest BCUT2D eigenvalue weighted by Crippen LogP contribution is 2.24. The van der Waals surface area contributed by atoms with Crippen LogP contribution in [0.15, 0.2) is 40.9 Å². The second kappa shape index (κ2) is 7.86. The van der Waals surface area contributed by atoms with E-state index < -0.39 is 5.82 Å². The Morgan fingerprint density at radius 3 is 2.48 bits per heavy atom. The Morgan fingerprint density at radius 2 is 1.83 bits per heavy atom. The molecule has 124 valence electrons. The van der Waals surface area contributed by atoms with E-state index in [1.54, 1.807) is 25.3 Å². The number of nitrogens with zero attached hydrogens (tertiary/aromatic N) is 1. The Bertz CT molecular complexity index is 647. The molecule has 6 heteroatoms. The minimum atomic E-state index is -0.520. The summed E-state index contributed by atoms with van der Waals surface area (Å²) in [5, 5.41) is 0. The molecule has 0 saturated carbocycles. The zero-order chi connectivity index (χ0) is 16.9. The van der Waals surface area contributed by atoms with Crippen LogP contribution < -0.4 is 4.74 Å². The van der Waals surface area contributed by atoms with E-state index in [1.165, 1.54) is 6.07 Å². The predicted octanol–water partition coefficient (Wildman–Crippen LogP) is 4.72. The number of hydrogen-bond donors (Lipinski definition) is 0. The van der Waals surface area contributed by atoms with Crippen LogP contribution in [0.1, 0.15) is 19.5 Å². The number of halogens is 2. The van der Waals surface area contributed by atoms with Crippen LogP contribution in [0.2, 0.25) is 0 Å². The molecular formula is C17H19BrFNO3. The quantitative estimate of drug-likeness (QED) is 0.693. The van der Waals surface area contributed by atoms with Crippen LogP contribution >= 0.6 is 15.9 Å². The molecule has 0 radical (unpaired) electrons. The first-order chi connectivity index (χ1) is 10.9. The van der Waals surface area contributed by atoms with Gasteiger partial charge in [0, 0.05) is 11.6 Å². The van der Waals surface area contributed by atoms with Gasteiger partial charge in [-0.25, -0.2) is 9.37 Å². The number of hydrogen-bond acceptors (Lipinski definition) is 4. The number of aromatic nitrogens is 1. The lowest BCUT2D eigenvalue weighted by Gasteiger charge is -2.22. The topological polar surface area (TPSA) is 40.6 Å². The van der Waals surface area contributed by atoms with Gasteiger partial charge >= 0.3 is 0 Å². The fourth-order valence-electron chi connectivity index (χ4n) is 1.69. The van der Waals surface area contributed by atoms with Crippen LogP contribution in [0.25, 0.3) is 0 Å². The predicted molar refractivity (Wildman–Crippen MR) is 89.2 cm³/mol. The van der Waals surface area contributed by atoms with E-state index in [9.17, 15) is 4.39 Å². The van der Waals surface area contributed by atoms with Gasteiger partial charge in [-0.15, -0.1) is 0 Å². The molecule has 4 nitrogen and oxygen atoms in total. The number of rotatable bonds is 7. The van der Waals surface area contributed by atoms with Crippen molar-refractivity contribution in [1.29, 1.82) is 0 Å². The van der Waals surface area contributed by atoms with E-state index in [0.29, 0.717) is 18.1 Å². The van der Waals surface area contributed by atoms with Gasteiger partial charge in [-0.2, -0.15) is 0 Å². The van der Waals surface area contributed by atoms with E-state index in [-0.39, 0.29) is 18.1 Å². The fraction of sp³-hybridized carbons (Fsp3) is 0.353. The minimum absolute atomic E-state index is 0.0700. The Labute approximate surface area is 143 Å². The molecule has 0 unspecified atom stereocenters. The summed E-state index contributed by atoms with van der Waals surface area (Å²) in [6.45, 7) is 4.51. The van der Waals surface area contributed by atoms with Crippen molar-refractivity contribution in [3.8, 4) is 11.6 Å². The Hall–Kier alpha value is -1.50. The molecule has 0 amide bonds. The Morgan fingerprint density at radius 1 is 1.13 bits per heavy atom. The van der Waals surface area contributed by atoms with E-state index >= 15 is 0 Å². The molecular weight excluding hydrogens is 365 g/mol. The highest BCUT2D eigenvalue weighted by atomic mass is 79.9. The largest absolute Gasteiger partial charge is 0.436 e. The van der Waals surface area contributed by atoms with Crippen molar-refractivity contribution in [2.75, 3.05) is 13.7 Å². The second-order valence-corrected chi connectivity index (χ2v) is 6.52. The lowest BCUT2D eigenvalue weighted by molar-refractivity contribution is -0.0560. The van der Waals surface area contributed by atoms with Crippen molar-refractivity contribution in [3.63, 3.8) is 0 Å². The third-order valence-electron chi connectivity index (χ3n) is 3.15. The van der Waals surface area contributed by atoms with Gasteiger partial charge in [-0.1, -0.05) is 15.9 Å². The van der Waals surface area contributed by atoms with Gasteiger partial charge in [-0.3, -0.25) is 0 Å². The average molecular weight is 384 g/mol. The van der Waals surface area contributed by atoms with Gasteiger partial charge in [-0.05, 0) is 50.2 Å². The maximum Gasteiger partial charge on any atom is 0.256 e. The average Bonchev–Trinajstić information content (AvgIpc) is 2.52. The second-order valence-electron chi connectivity index (χ2n) is 5.60. The third kappa shape index (κ3) is 5.57. The monoisotopic (exact) mass is 383 g/mol. The van der Waals surface area contributed by atoms with Gasteiger partial charge in [0.15, 0.2) is 5.82 Å². The molecule has 0 saturated heterocycles. The van der Waals surface area contributed by atoms with Crippen molar-refractivity contribution >= 4 is 15.9 Å². The minimum Gasteiger partial charge on any atom is -0.436 e.